The molecule has 0 radical (unpaired) electrons. The van der Waals surface area contributed by atoms with Gasteiger partial charge in [-0.3, -0.25) is 62.9 Å². The van der Waals surface area contributed by atoms with E-state index >= 15 is 0 Å². The zero-order valence-corrected chi connectivity index (χ0v) is 87.3. The van der Waals surface area contributed by atoms with Gasteiger partial charge in [-0.05, 0) is 371 Å². The highest BCUT2D eigenvalue weighted by atomic mass is 32.2. The number of carboxylic acids is 1. The molecule has 3 spiro atoms. The third-order valence-electron chi connectivity index (χ3n) is 27.3. The van der Waals surface area contributed by atoms with Crippen molar-refractivity contribution in [1.29, 1.82) is 0 Å². The summed E-state index contributed by atoms with van der Waals surface area (Å²) in [6.45, 7) is 56.1. The number of nitrogens with zero attached hydrogens (tertiary/aromatic N) is 15. The Morgan fingerprint density at radius 1 is 0.370 bits per heavy atom. The molecule has 0 bridgehead atoms. The summed E-state index contributed by atoms with van der Waals surface area (Å²) in [6, 6.07) is 63.6. The van der Waals surface area contributed by atoms with Crippen LogP contribution in [0.2, 0.25) is 0 Å². The number of carbonyl (C=O) groups excluding carboxylic acids is 8. The van der Waals surface area contributed by atoms with Crippen LogP contribution in [0.1, 0.15) is 161 Å². The van der Waals surface area contributed by atoms with Crippen LogP contribution >= 0.6 is 61.1 Å². The maximum absolute atomic E-state index is 13.5. The number of hydrogen-bond acceptors (Lipinski definition) is 16. The number of amides is 6. The quantitative estimate of drug-likeness (QED) is 0.0384. The average molecular weight is 2060 g/mol. The van der Waals surface area contributed by atoms with Gasteiger partial charge in [0.2, 0.25) is 5.91 Å². The minimum absolute atomic E-state index is 0.000973. The standard InChI is InChI=1S/C24H23N3O2S.C23H19N3O3S.C22H20N4O2S.C22H21N3O2S.C21H21N3O3S2/c1-4-20(28)15-17-6-8-18(9-7-17)27-23(30)26(22(29)24(27)12-5-13-24)19-10-11-21(25-3)16(2)14-19;1-15-14-18(9-10-19(15)24-2)25-21(29)23(12-3-13-23)26(22(25)30)17-7-4-16(5-8-17)6-11-20(27)28;1-14-12-17(8-9-18(14)24-2)25-20(28)22(10-3-11-22)26(21(25)29)16-6-4-15(5-7-16)13-19(23)27;1-14-12-18(10-11-19(14)23-5)24-20(27)22(3,4)25(21(24)28)17-8-6-16(7-9-17)13-15(2)26;1-14-12-17(10-11-18(14)22-4)23-19(25)21(2,3)24(20(23)28)16-8-6-15(7-9-16)13-29(5,26)27/h6-11,14H,4-5,12-13,15H2,1-2H3;4-11,14H,3,12-13H2,1H3,(H,27,28);4-9,12H,3,10-11,13H2,1H3,(H2,23,27);6-12H,13H2,1-4H3;6-12H,13H2,1-3,5H3/b;11-6+;;;. The van der Waals surface area contributed by atoms with Crippen LogP contribution in [0.15, 0.2) is 218 Å². The number of aliphatic carboxylic acids is 1. The highest BCUT2D eigenvalue weighted by Gasteiger charge is 2.63. The van der Waals surface area contributed by atoms with Crippen LogP contribution < -0.4 is 54.7 Å². The Labute approximate surface area is 876 Å². The number of rotatable bonds is 21. The number of hydrogen-bond donors (Lipinski definition) is 2. The Hall–Kier alpha value is -15.6. The molecule has 6 amide bonds. The van der Waals surface area contributed by atoms with Crippen molar-refractivity contribution in [2.45, 2.75) is 193 Å². The molecule has 5 saturated heterocycles. The van der Waals surface area contributed by atoms with Crippen molar-refractivity contribution in [3.63, 3.8) is 0 Å². The number of benzene rings is 10. The number of thiocarbonyl (C=S) groups is 5. The number of primary amides is 1. The lowest BCUT2D eigenvalue weighted by Gasteiger charge is -2.43. The van der Waals surface area contributed by atoms with Gasteiger partial charge in [-0.1, -0.05) is 97.9 Å². The van der Waals surface area contributed by atoms with E-state index in [1.54, 1.807) is 131 Å². The lowest BCUT2D eigenvalue weighted by Crippen LogP contribution is -2.55. The summed E-state index contributed by atoms with van der Waals surface area (Å²) in [6.07, 6.45) is 12.7. The summed E-state index contributed by atoms with van der Waals surface area (Å²) in [7, 11) is -3.13. The van der Waals surface area contributed by atoms with Gasteiger partial charge in [-0.2, -0.15) is 0 Å². The molecule has 0 unspecified atom stereocenters. The Morgan fingerprint density at radius 2 is 0.610 bits per heavy atom. The van der Waals surface area contributed by atoms with E-state index in [0.717, 1.165) is 137 Å². The van der Waals surface area contributed by atoms with Crippen molar-refractivity contribution < 1.29 is 56.7 Å². The molecule has 3 saturated carbocycles. The van der Waals surface area contributed by atoms with Crippen LogP contribution in [0.25, 0.3) is 30.3 Å². The number of Topliss-reactive ketones (excluding diaryl/α,β-unsaturated/α-hetero) is 2. The van der Waals surface area contributed by atoms with Crippen molar-refractivity contribution in [3.8, 4) is 0 Å². The number of carboxylic acid groups (broad SMARTS) is 1. The molecule has 0 aromatic heterocycles. The zero-order valence-electron chi connectivity index (χ0n) is 82.4. The summed E-state index contributed by atoms with van der Waals surface area (Å²) in [5, 5.41) is 10.8. The van der Waals surface area contributed by atoms with Gasteiger partial charge >= 0.3 is 5.97 Å². The van der Waals surface area contributed by atoms with Crippen molar-refractivity contribution in [3.05, 3.63) is 331 Å². The van der Waals surface area contributed by atoms with Gasteiger partial charge in [0.15, 0.2) is 63.8 Å². The largest absolute Gasteiger partial charge is 0.478 e. The Morgan fingerprint density at radius 3 is 0.842 bits per heavy atom. The van der Waals surface area contributed by atoms with Crippen molar-refractivity contribution >= 4 is 241 Å². The summed E-state index contributed by atoms with van der Waals surface area (Å²) < 4.78 is 23.0. The molecule has 3 aliphatic carbocycles. The fraction of sp³-hybridized carbons (Fsp3) is 0.277. The minimum Gasteiger partial charge on any atom is -0.478 e. The van der Waals surface area contributed by atoms with E-state index in [9.17, 15) is 51.6 Å². The molecule has 8 fully saturated rings. The molecule has 146 heavy (non-hydrogen) atoms. The Kier molecular flexibility index (Phi) is 31.1. The van der Waals surface area contributed by atoms with Gasteiger partial charge in [0.25, 0.3) is 29.5 Å². The molecule has 5 aliphatic heterocycles. The molecule has 34 heteroatoms. The van der Waals surface area contributed by atoms with Crippen LogP contribution in [0, 0.1) is 67.5 Å². The van der Waals surface area contributed by atoms with Crippen LogP contribution in [0.3, 0.4) is 0 Å². The molecule has 5 heterocycles. The van der Waals surface area contributed by atoms with Crippen molar-refractivity contribution in [1.82, 2.24) is 0 Å². The molecule has 0 atom stereocenters. The number of sulfone groups is 1. The maximum Gasteiger partial charge on any atom is 0.328 e. The number of ketones is 2. The van der Waals surface area contributed by atoms with Crippen LogP contribution in [-0.4, -0.2) is 126 Å². The van der Waals surface area contributed by atoms with Crippen molar-refractivity contribution in [2.24, 2.45) is 5.73 Å². The normalized spacial score (nSPS) is 16.8. The Balaban J connectivity index is 0.000000144. The molecule has 28 nitrogen and oxygen atoms in total. The third-order valence-corrected chi connectivity index (χ3v) is 30.0. The van der Waals surface area contributed by atoms with E-state index in [0.29, 0.717) is 113 Å². The van der Waals surface area contributed by atoms with E-state index in [4.69, 9.17) is 105 Å². The zero-order chi connectivity index (χ0) is 106. The molecule has 10 aromatic rings. The van der Waals surface area contributed by atoms with E-state index < -0.39 is 43.5 Å². The molecule has 740 valence electrons. The lowest BCUT2D eigenvalue weighted by molar-refractivity contribution is -0.131. The van der Waals surface area contributed by atoms with Gasteiger partial charge in [0.05, 0.1) is 45.0 Å². The fourth-order valence-corrected chi connectivity index (χ4v) is 22.4. The van der Waals surface area contributed by atoms with E-state index in [1.807, 2.05) is 196 Å². The smallest absolute Gasteiger partial charge is 0.328 e. The first kappa shape index (κ1) is 106. The topological polar surface area (TPSA) is 288 Å². The van der Waals surface area contributed by atoms with Gasteiger partial charge in [-0.25, -0.2) is 37.4 Å². The predicted molar refractivity (Wildman–Crippen MR) is 592 cm³/mol. The van der Waals surface area contributed by atoms with Gasteiger partial charge in [-0.15, -0.1) is 0 Å². The average Bonchev–Trinajstić information content (AvgIpc) is 1.56. The first-order valence-electron chi connectivity index (χ1n) is 47.0. The van der Waals surface area contributed by atoms with Gasteiger partial charge in [0, 0.05) is 88.5 Å². The highest BCUT2D eigenvalue weighted by Crippen LogP contribution is 2.53. The van der Waals surface area contributed by atoms with E-state index in [1.165, 1.54) is 22.1 Å². The Bertz CT molecular complexity index is 7490. The number of aryl methyl sites for hydroxylation is 5. The first-order valence-corrected chi connectivity index (χ1v) is 51.1. The second-order valence-electron chi connectivity index (χ2n) is 38.1. The lowest BCUT2D eigenvalue weighted by atomic mass is 9.75. The van der Waals surface area contributed by atoms with E-state index in [-0.39, 0.29) is 59.2 Å². The predicted octanol–water partition coefficient (Wildman–Crippen LogP) is 22.1. The summed E-state index contributed by atoms with van der Waals surface area (Å²) in [5.41, 5.74) is 19.8. The molecule has 8 aliphatic rings. The fourth-order valence-electron chi connectivity index (χ4n) is 19.1. The number of nitrogens with two attached hydrogens (primary N) is 1. The van der Waals surface area contributed by atoms with Gasteiger partial charge in [0.1, 0.15) is 39.3 Å². The summed E-state index contributed by atoms with van der Waals surface area (Å²) >= 11 is 28.6. The molecule has 3 N–H and O–H groups in total. The van der Waals surface area contributed by atoms with Crippen LogP contribution in [0.5, 0.6) is 0 Å². The third kappa shape index (κ3) is 20.7. The second-order valence-corrected chi connectivity index (χ2v) is 42.0. The molecular formula is C112H104N16O12S6. The van der Waals surface area contributed by atoms with Crippen LogP contribution in [0.4, 0.5) is 85.3 Å². The molecule has 18 rings (SSSR count). The summed E-state index contributed by atoms with van der Waals surface area (Å²) in [5.74, 6) is -1.48. The van der Waals surface area contributed by atoms with Crippen molar-refractivity contribution in [2.75, 3.05) is 55.3 Å². The second kappa shape index (κ2) is 42.8. The summed E-state index contributed by atoms with van der Waals surface area (Å²) in [4.78, 5) is 146. The maximum atomic E-state index is 13.5. The van der Waals surface area contributed by atoms with Gasteiger partial charge < -0.3 is 35.3 Å². The molecule has 10 aromatic carbocycles. The first-order chi connectivity index (χ1) is 69.3. The molecular weight excluding hydrogens is 1950 g/mol. The monoisotopic (exact) mass is 2060 g/mol. The number of anilines is 10. The number of carbonyl (C=O) groups is 9. The van der Waals surface area contributed by atoms with E-state index in [2.05, 4.69) is 24.2 Å². The van der Waals surface area contributed by atoms with Crippen LogP contribution in [-0.2, 0) is 78.0 Å². The SMILES string of the molecule is [C-]#[N+]c1ccc(N2C(=O)C(C)(C)N(c3ccc(CC(C)=O)cc3)C2=S)cc1C.[C-]#[N+]c1ccc(N2C(=O)C(C)(C)N(c3ccc(CS(C)(=O)=O)cc3)C2=S)cc1C.[C-]#[N+]c1ccc(N2C(=O)C3(CCC3)N(c3ccc(/C=C/C(=O)O)cc3)C2=S)cc1C.[C-]#[N+]c1ccc(N2C(=O)C3(CCC3)N(c3ccc(CC(=O)CC)cc3)C2=S)cc1C.[C-]#[N+]c1ccc(N2C(=O)C3(CCC3)N(c3ccc(CC(N)=O)cc3)C2=S)cc1C. The highest BCUT2D eigenvalue weighted by molar-refractivity contribution is 7.89. The minimum atomic E-state index is -3.13.